The zero-order valence-corrected chi connectivity index (χ0v) is 4.22. The molecule has 2 rings (SSSR count). The molecule has 0 aromatic heterocycles. The summed E-state index contributed by atoms with van der Waals surface area (Å²) >= 11 is 0. The summed E-state index contributed by atoms with van der Waals surface area (Å²) in [6.45, 7) is 0. The van der Waals surface area contributed by atoms with Crippen molar-refractivity contribution in [3.05, 3.63) is 12.2 Å². The van der Waals surface area contributed by atoms with Crippen LogP contribution in [0.2, 0.25) is 0 Å². The predicted octanol–water partition coefficient (Wildman–Crippen LogP) is 0.677. The van der Waals surface area contributed by atoms with Crippen LogP contribution < -0.4 is 5.32 Å². The summed E-state index contributed by atoms with van der Waals surface area (Å²) in [5.41, 5.74) is 0. The fourth-order valence-electron chi connectivity index (χ4n) is 1.16. The van der Waals surface area contributed by atoms with E-state index in [-0.39, 0.29) is 0 Å². The Labute approximate surface area is 43.4 Å². The molecule has 1 aliphatic carbocycles. The van der Waals surface area contributed by atoms with Crippen LogP contribution >= 0.6 is 0 Å². The van der Waals surface area contributed by atoms with E-state index in [1.165, 1.54) is 12.8 Å². The Morgan fingerprint density at radius 3 is 3.14 bits per heavy atom. The van der Waals surface area contributed by atoms with Crippen LogP contribution in [0.4, 0.5) is 0 Å². The molecule has 0 amide bonds. The van der Waals surface area contributed by atoms with Gasteiger partial charge in [-0.05, 0) is 12.8 Å². The summed E-state index contributed by atoms with van der Waals surface area (Å²) in [4.78, 5) is 0. The number of hydrogen-bond acceptors (Lipinski definition) is 1. The van der Waals surface area contributed by atoms with Gasteiger partial charge < -0.3 is 5.32 Å². The minimum atomic E-state index is 0.772. The molecule has 0 radical (unpaired) electrons. The van der Waals surface area contributed by atoms with Gasteiger partial charge in [-0.2, -0.15) is 0 Å². The standard InChI is InChI=1S/C6H9N/c1-2-4-6-5(3-1)7-6/h1,3,5-7H,2,4H2. The van der Waals surface area contributed by atoms with Crippen molar-refractivity contribution in [2.24, 2.45) is 0 Å². The lowest BCUT2D eigenvalue weighted by Gasteiger charge is -1.94. The van der Waals surface area contributed by atoms with Gasteiger partial charge in [-0.15, -0.1) is 0 Å². The first-order chi connectivity index (χ1) is 3.47. The van der Waals surface area contributed by atoms with E-state index in [0.717, 1.165) is 12.1 Å². The van der Waals surface area contributed by atoms with E-state index in [0.29, 0.717) is 0 Å². The predicted molar refractivity (Wildman–Crippen MR) is 29.1 cm³/mol. The normalized spacial score (nSPS) is 45.7. The number of allylic oxidation sites excluding steroid dienone is 1. The van der Waals surface area contributed by atoms with Crippen LogP contribution in [0.25, 0.3) is 0 Å². The highest BCUT2D eigenvalue weighted by atomic mass is 15.1. The zero-order chi connectivity index (χ0) is 4.69. The van der Waals surface area contributed by atoms with E-state index >= 15 is 0 Å². The van der Waals surface area contributed by atoms with Crippen LogP contribution in [0.15, 0.2) is 12.2 Å². The summed E-state index contributed by atoms with van der Waals surface area (Å²) in [6, 6.07) is 1.64. The van der Waals surface area contributed by atoms with Crippen molar-refractivity contribution in [1.82, 2.24) is 5.32 Å². The summed E-state index contributed by atoms with van der Waals surface area (Å²) in [7, 11) is 0. The van der Waals surface area contributed by atoms with Gasteiger partial charge in [0.2, 0.25) is 0 Å². The summed E-state index contributed by atoms with van der Waals surface area (Å²) in [6.07, 6.45) is 7.19. The maximum absolute atomic E-state index is 3.34. The Morgan fingerprint density at radius 1 is 1.57 bits per heavy atom. The fourth-order valence-corrected chi connectivity index (χ4v) is 1.16. The molecule has 0 saturated carbocycles. The molecule has 1 aliphatic heterocycles. The molecule has 2 aliphatic rings. The van der Waals surface area contributed by atoms with Gasteiger partial charge in [0, 0.05) is 12.1 Å². The first-order valence-electron chi connectivity index (χ1n) is 2.89. The minimum Gasteiger partial charge on any atom is -0.304 e. The second-order valence-electron chi connectivity index (χ2n) is 2.30. The lowest BCUT2D eigenvalue weighted by atomic mass is 10.1. The van der Waals surface area contributed by atoms with Gasteiger partial charge in [0.15, 0.2) is 0 Å². The Bertz CT molecular complexity index is 107. The molecular weight excluding hydrogens is 86.1 g/mol. The highest BCUT2D eigenvalue weighted by molar-refractivity contribution is 5.15. The van der Waals surface area contributed by atoms with Crippen molar-refractivity contribution in [3.8, 4) is 0 Å². The molecule has 2 unspecified atom stereocenters. The van der Waals surface area contributed by atoms with Gasteiger partial charge in [0.05, 0.1) is 0 Å². The van der Waals surface area contributed by atoms with E-state index in [2.05, 4.69) is 17.5 Å². The molecule has 38 valence electrons. The molecule has 1 fully saturated rings. The lowest BCUT2D eigenvalue weighted by molar-refractivity contribution is 0.794. The molecule has 2 atom stereocenters. The van der Waals surface area contributed by atoms with Crippen LogP contribution in [-0.2, 0) is 0 Å². The van der Waals surface area contributed by atoms with Crippen molar-refractivity contribution in [1.29, 1.82) is 0 Å². The van der Waals surface area contributed by atoms with Gasteiger partial charge in [-0.1, -0.05) is 12.2 Å². The summed E-state index contributed by atoms with van der Waals surface area (Å²) in [5, 5.41) is 3.34. The number of rotatable bonds is 0. The molecule has 1 N–H and O–H groups in total. The Balaban J connectivity index is 2.14. The van der Waals surface area contributed by atoms with Crippen molar-refractivity contribution >= 4 is 0 Å². The molecule has 7 heavy (non-hydrogen) atoms. The maximum atomic E-state index is 3.34. The molecule has 0 spiro atoms. The average molecular weight is 95.1 g/mol. The third kappa shape index (κ3) is 0.484. The SMILES string of the molecule is C1=CC2NC2CC1. The van der Waals surface area contributed by atoms with E-state index in [9.17, 15) is 0 Å². The Hall–Kier alpha value is -0.300. The second-order valence-corrected chi connectivity index (χ2v) is 2.30. The smallest absolute Gasteiger partial charge is 0.0408 e. The van der Waals surface area contributed by atoms with Crippen LogP contribution in [0.3, 0.4) is 0 Å². The molecular formula is C6H9N. The molecule has 0 bridgehead atoms. The molecule has 1 heteroatoms. The van der Waals surface area contributed by atoms with Crippen molar-refractivity contribution < 1.29 is 0 Å². The van der Waals surface area contributed by atoms with Gasteiger partial charge in [0.1, 0.15) is 0 Å². The molecule has 1 heterocycles. The topological polar surface area (TPSA) is 21.9 Å². The average Bonchev–Trinajstić information content (AvgIpc) is 2.41. The summed E-state index contributed by atoms with van der Waals surface area (Å²) < 4.78 is 0. The first-order valence-corrected chi connectivity index (χ1v) is 2.89. The first kappa shape index (κ1) is 3.67. The minimum absolute atomic E-state index is 0.772. The molecule has 1 saturated heterocycles. The van der Waals surface area contributed by atoms with Crippen LogP contribution in [0.1, 0.15) is 12.8 Å². The number of hydrogen-bond donors (Lipinski definition) is 1. The number of nitrogens with one attached hydrogen (secondary N) is 1. The quantitative estimate of drug-likeness (QED) is 0.347. The summed E-state index contributed by atoms with van der Waals surface area (Å²) in [5.74, 6) is 0. The highest BCUT2D eigenvalue weighted by Crippen LogP contribution is 2.22. The van der Waals surface area contributed by atoms with Crippen molar-refractivity contribution in [2.75, 3.05) is 0 Å². The maximum Gasteiger partial charge on any atom is 0.0408 e. The fraction of sp³-hybridized carbons (Fsp3) is 0.667. The number of fused-ring (bicyclic) bond motifs is 1. The molecule has 0 aromatic carbocycles. The van der Waals surface area contributed by atoms with Crippen molar-refractivity contribution in [2.45, 2.75) is 24.9 Å². The highest BCUT2D eigenvalue weighted by Gasteiger charge is 2.34. The zero-order valence-electron chi connectivity index (χ0n) is 4.22. The molecule has 0 aromatic rings. The van der Waals surface area contributed by atoms with Gasteiger partial charge in [0.25, 0.3) is 0 Å². The van der Waals surface area contributed by atoms with Crippen LogP contribution in [-0.4, -0.2) is 12.1 Å². The second kappa shape index (κ2) is 1.10. The van der Waals surface area contributed by atoms with Crippen LogP contribution in [0, 0.1) is 0 Å². The van der Waals surface area contributed by atoms with Gasteiger partial charge in [-0.3, -0.25) is 0 Å². The Morgan fingerprint density at radius 2 is 2.57 bits per heavy atom. The largest absolute Gasteiger partial charge is 0.304 e. The van der Waals surface area contributed by atoms with E-state index < -0.39 is 0 Å². The Kier molecular flexibility index (Phi) is 0.577. The molecule has 1 nitrogen and oxygen atoms in total. The van der Waals surface area contributed by atoms with Crippen molar-refractivity contribution in [3.63, 3.8) is 0 Å². The third-order valence-electron chi connectivity index (χ3n) is 1.72. The third-order valence-corrected chi connectivity index (χ3v) is 1.72. The van der Waals surface area contributed by atoms with E-state index in [1.807, 2.05) is 0 Å². The van der Waals surface area contributed by atoms with Gasteiger partial charge >= 0.3 is 0 Å². The van der Waals surface area contributed by atoms with E-state index in [1.54, 1.807) is 0 Å². The van der Waals surface area contributed by atoms with E-state index in [4.69, 9.17) is 0 Å². The lowest BCUT2D eigenvalue weighted by Crippen LogP contribution is -1.93. The monoisotopic (exact) mass is 95.1 g/mol. The van der Waals surface area contributed by atoms with Gasteiger partial charge in [-0.25, -0.2) is 0 Å². The van der Waals surface area contributed by atoms with Crippen LogP contribution in [0.5, 0.6) is 0 Å².